The molecular weight excluding hydrogens is 382 g/mol. The number of hydrogen-bond donors (Lipinski definition) is 1. The van der Waals surface area contributed by atoms with Crippen LogP contribution in [0.15, 0.2) is 47.4 Å². The summed E-state index contributed by atoms with van der Waals surface area (Å²) in [4.78, 5) is 0.162. The summed E-state index contributed by atoms with van der Waals surface area (Å²) in [6, 6.07) is 12.0. The van der Waals surface area contributed by atoms with E-state index in [1.54, 1.807) is 49.5 Å². The molecule has 1 aromatic heterocycles. The third kappa shape index (κ3) is 3.13. The Morgan fingerprint density at radius 2 is 1.82 bits per heavy atom. The molecule has 2 aromatic carbocycles. The lowest BCUT2D eigenvalue weighted by Crippen LogP contribution is -2.16. The third-order valence-corrected chi connectivity index (χ3v) is 5.79. The van der Waals surface area contributed by atoms with E-state index in [1.807, 2.05) is 6.92 Å². The number of benzene rings is 2. The molecule has 0 unspecified atom stereocenters. The van der Waals surface area contributed by atoms with Gasteiger partial charge in [0.25, 0.3) is 10.0 Å². The first-order valence-electron chi connectivity index (χ1n) is 8.49. The first-order valence-corrected chi connectivity index (χ1v) is 9.98. The van der Waals surface area contributed by atoms with Crippen molar-refractivity contribution in [1.82, 2.24) is 9.78 Å². The Hall–Kier alpha value is -3.20. The lowest BCUT2D eigenvalue weighted by atomic mass is 10.1. The molecule has 0 amide bonds. The number of rotatable bonds is 5. The average molecular weight is 401 g/mol. The van der Waals surface area contributed by atoms with E-state index in [4.69, 9.17) is 14.2 Å². The van der Waals surface area contributed by atoms with Gasteiger partial charge in [0.15, 0.2) is 11.5 Å². The van der Waals surface area contributed by atoms with Gasteiger partial charge >= 0.3 is 0 Å². The number of methoxy groups -OCH3 is 1. The molecule has 1 N–H and O–H groups in total. The maximum atomic E-state index is 12.9. The molecule has 8 nitrogen and oxygen atoms in total. The molecule has 0 radical (unpaired) electrons. The number of sulfonamides is 1. The van der Waals surface area contributed by atoms with Crippen molar-refractivity contribution < 1.29 is 22.6 Å². The molecule has 9 heteroatoms. The quantitative estimate of drug-likeness (QED) is 0.707. The normalized spacial score (nSPS) is 12.8. The molecule has 4 rings (SSSR count). The van der Waals surface area contributed by atoms with Gasteiger partial charge in [-0.05, 0) is 36.8 Å². The number of anilines is 1. The fourth-order valence-electron chi connectivity index (χ4n) is 2.98. The van der Waals surface area contributed by atoms with Crippen LogP contribution in [-0.4, -0.2) is 32.1 Å². The van der Waals surface area contributed by atoms with E-state index in [-0.39, 0.29) is 17.5 Å². The molecule has 28 heavy (non-hydrogen) atoms. The lowest BCUT2D eigenvalue weighted by molar-refractivity contribution is 0.174. The highest BCUT2D eigenvalue weighted by Crippen LogP contribution is 2.42. The van der Waals surface area contributed by atoms with E-state index < -0.39 is 10.0 Å². The summed E-state index contributed by atoms with van der Waals surface area (Å²) in [6.45, 7) is 2.05. The number of aryl methyl sites for hydroxylation is 2. The minimum absolute atomic E-state index is 0.149. The fourth-order valence-corrected chi connectivity index (χ4v) is 4.08. The van der Waals surface area contributed by atoms with Crippen molar-refractivity contribution in [3.63, 3.8) is 0 Å². The highest BCUT2D eigenvalue weighted by atomic mass is 32.2. The molecule has 3 aromatic rings. The molecule has 0 saturated heterocycles. The van der Waals surface area contributed by atoms with E-state index >= 15 is 0 Å². The number of fused-ring (bicyclic) bond motifs is 1. The van der Waals surface area contributed by atoms with E-state index in [2.05, 4.69) is 9.82 Å². The molecule has 1 aliphatic rings. The predicted octanol–water partition coefficient (Wildman–Crippen LogP) is 2.93. The topological polar surface area (TPSA) is 91.7 Å². The minimum atomic E-state index is -3.81. The molecule has 0 fully saturated rings. The average Bonchev–Trinajstić information content (AvgIpc) is 3.25. The van der Waals surface area contributed by atoms with E-state index in [1.165, 1.54) is 11.8 Å². The summed E-state index contributed by atoms with van der Waals surface area (Å²) in [5.41, 5.74) is 2.18. The van der Waals surface area contributed by atoms with E-state index in [9.17, 15) is 8.42 Å². The molecule has 0 spiro atoms. The molecule has 2 heterocycles. The summed E-state index contributed by atoms with van der Waals surface area (Å²) in [5.74, 6) is 1.79. The first-order chi connectivity index (χ1) is 13.4. The molecule has 0 atom stereocenters. The fraction of sp³-hybridized carbons (Fsp3) is 0.211. The van der Waals surface area contributed by atoms with Crippen molar-refractivity contribution in [3.8, 4) is 28.5 Å². The number of nitrogens with zero attached hydrogens (tertiary/aromatic N) is 2. The van der Waals surface area contributed by atoms with Gasteiger partial charge in [-0.15, -0.1) is 5.10 Å². The van der Waals surface area contributed by atoms with Gasteiger partial charge in [0.05, 0.1) is 17.6 Å². The van der Waals surface area contributed by atoms with Gasteiger partial charge < -0.3 is 14.2 Å². The van der Waals surface area contributed by atoms with Crippen molar-refractivity contribution in [1.29, 1.82) is 0 Å². The molecule has 146 valence electrons. The Morgan fingerprint density at radius 1 is 1.11 bits per heavy atom. The van der Waals surface area contributed by atoms with Gasteiger partial charge in [0.2, 0.25) is 12.7 Å². The Morgan fingerprint density at radius 3 is 2.54 bits per heavy atom. The summed E-state index contributed by atoms with van der Waals surface area (Å²) < 4.78 is 46.0. The van der Waals surface area contributed by atoms with Crippen LogP contribution in [0.1, 0.15) is 5.56 Å². The number of aromatic nitrogens is 2. The van der Waals surface area contributed by atoms with Gasteiger partial charge in [0.1, 0.15) is 5.82 Å². The van der Waals surface area contributed by atoms with Gasteiger partial charge in [0, 0.05) is 7.05 Å². The second-order valence-corrected chi connectivity index (χ2v) is 8.03. The van der Waals surface area contributed by atoms with Crippen molar-refractivity contribution >= 4 is 15.8 Å². The zero-order chi connectivity index (χ0) is 19.9. The van der Waals surface area contributed by atoms with Crippen LogP contribution in [-0.2, 0) is 17.1 Å². The second kappa shape index (κ2) is 6.75. The molecule has 1 aliphatic heterocycles. The maximum absolute atomic E-state index is 12.9. The summed E-state index contributed by atoms with van der Waals surface area (Å²) in [5, 5.41) is 4.29. The van der Waals surface area contributed by atoms with Crippen LogP contribution >= 0.6 is 0 Å². The molecule has 0 aliphatic carbocycles. The van der Waals surface area contributed by atoms with Crippen LogP contribution in [0.2, 0.25) is 0 Å². The molecular formula is C19H19N3O5S. The standard InChI is InChI=1S/C19H19N3O5S/c1-12-4-7-14(8-5-12)28(23,24)21-18-17(19(25-3)20-22(18)2)13-6-9-15-16(10-13)27-11-26-15/h4-10,21H,11H2,1-3H3. The summed E-state index contributed by atoms with van der Waals surface area (Å²) >= 11 is 0. The first kappa shape index (κ1) is 18.2. The number of hydrogen-bond acceptors (Lipinski definition) is 6. The number of nitrogens with one attached hydrogen (secondary N) is 1. The van der Waals surface area contributed by atoms with Crippen LogP contribution in [0, 0.1) is 6.92 Å². The van der Waals surface area contributed by atoms with Gasteiger partial charge in [-0.25, -0.2) is 13.1 Å². The van der Waals surface area contributed by atoms with Crippen LogP contribution in [0.25, 0.3) is 11.1 Å². The highest BCUT2D eigenvalue weighted by Gasteiger charge is 2.25. The van der Waals surface area contributed by atoms with Crippen LogP contribution in [0.5, 0.6) is 17.4 Å². The summed E-state index contributed by atoms with van der Waals surface area (Å²) in [7, 11) is -0.684. The maximum Gasteiger partial charge on any atom is 0.263 e. The number of ether oxygens (including phenoxy) is 3. The Balaban J connectivity index is 1.79. The zero-order valence-corrected chi connectivity index (χ0v) is 16.4. The van der Waals surface area contributed by atoms with E-state index in [0.717, 1.165) is 5.56 Å². The van der Waals surface area contributed by atoms with Crippen molar-refractivity contribution in [2.75, 3.05) is 18.6 Å². The Kier molecular flexibility index (Phi) is 4.38. The molecule has 0 saturated carbocycles. The Bertz CT molecular complexity index is 1140. The predicted molar refractivity (Wildman–Crippen MR) is 103 cm³/mol. The van der Waals surface area contributed by atoms with Crippen LogP contribution in [0.4, 0.5) is 5.82 Å². The lowest BCUT2D eigenvalue weighted by Gasteiger charge is -2.11. The van der Waals surface area contributed by atoms with Crippen molar-refractivity contribution in [2.24, 2.45) is 7.05 Å². The minimum Gasteiger partial charge on any atom is -0.479 e. The van der Waals surface area contributed by atoms with Crippen molar-refractivity contribution in [3.05, 3.63) is 48.0 Å². The van der Waals surface area contributed by atoms with Gasteiger partial charge in [-0.3, -0.25) is 4.72 Å². The smallest absolute Gasteiger partial charge is 0.263 e. The third-order valence-electron chi connectivity index (χ3n) is 4.43. The summed E-state index contributed by atoms with van der Waals surface area (Å²) in [6.07, 6.45) is 0. The van der Waals surface area contributed by atoms with Crippen molar-refractivity contribution in [2.45, 2.75) is 11.8 Å². The highest BCUT2D eigenvalue weighted by molar-refractivity contribution is 7.92. The van der Waals surface area contributed by atoms with E-state index in [0.29, 0.717) is 28.5 Å². The monoisotopic (exact) mass is 401 g/mol. The molecule has 0 bridgehead atoms. The zero-order valence-electron chi connectivity index (χ0n) is 15.6. The second-order valence-electron chi connectivity index (χ2n) is 6.34. The van der Waals surface area contributed by atoms with Gasteiger partial charge in [-0.1, -0.05) is 23.8 Å². The van der Waals surface area contributed by atoms with Crippen LogP contribution < -0.4 is 18.9 Å². The SMILES string of the molecule is COc1nn(C)c(NS(=O)(=O)c2ccc(C)cc2)c1-c1ccc2c(c1)OCO2. The Labute approximate surface area is 162 Å². The largest absolute Gasteiger partial charge is 0.479 e. The van der Waals surface area contributed by atoms with Crippen LogP contribution in [0.3, 0.4) is 0 Å². The van der Waals surface area contributed by atoms with Gasteiger partial charge in [-0.2, -0.15) is 0 Å².